The lowest BCUT2D eigenvalue weighted by molar-refractivity contribution is 1.39. The van der Waals surface area contributed by atoms with Gasteiger partial charge in [0.15, 0.2) is 0 Å². The van der Waals surface area contributed by atoms with Crippen LogP contribution in [0.15, 0.2) is 42.0 Å². The third kappa shape index (κ3) is 3.39. The van der Waals surface area contributed by atoms with Crippen molar-refractivity contribution in [3.05, 3.63) is 53.1 Å². The van der Waals surface area contributed by atoms with Gasteiger partial charge in [-0.3, -0.25) is 0 Å². The lowest BCUT2D eigenvalue weighted by Gasteiger charge is -1.98. The van der Waals surface area contributed by atoms with Gasteiger partial charge in [0.2, 0.25) is 0 Å². The Kier molecular flexibility index (Phi) is 3.97. The van der Waals surface area contributed by atoms with Gasteiger partial charge in [-0.05, 0) is 32.4 Å². The average molecular weight is 207 g/mol. The van der Waals surface area contributed by atoms with Gasteiger partial charge in [0.25, 0.3) is 0 Å². The van der Waals surface area contributed by atoms with E-state index in [1.807, 2.05) is 24.3 Å². The molecule has 0 bridgehead atoms. The molecule has 0 N–H and O–H groups in total. The second-order valence-electron chi connectivity index (χ2n) is 3.62. The number of hydrogen-bond donors (Lipinski definition) is 0. The predicted octanol–water partition coefficient (Wildman–Crippen LogP) is 4.54. The monoisotopic (exact) mass is 206 g/mol. The smallest absolute Gasteiger partial charge is 0.0478 e. The van der Waals surface area contributed by atoms with Gasteiger partial charge in [-0.1, -0.05) is 53.1 Å². The zero-order valence-electron chi connectivity index (χ0n) is 8.84. The number of allylic oxidation sites excluding steroid dienone is 3. The van der Waals surface area contributed by atoms with Crippen LogP contribution in [0, 0.1) is 6.92 Å². The molecule has 1 aromatic rings. The topological polar surface area (TPSA) is 0 Å². The van der Waals surface area contributed by atoms with Crippen molar-refractivity contribution in [2.24, 2.45) is 0 Å². The van der Waals surface area contributed by atoms with E-state index in [1.165, 1.54) is 11.1 Å². The summed E-state index contributed by atoms with van der Waals surface area (Å²) in [6.07, 6.45) is 3.95. The highest BCUT2D eigenvalue weighted by atomic mass is 35.5. The van der Waals surface area contributed by atoms with Gasteiger partial charge in [0.1, 0.15) is 0 Å². The Morgan fingerprint density at radius 2 is 1.64 bits per heavy atom. The van der Waals surface area contributed by atoms with Crippen LogP contribution in [0.4, 0.5) is 0 Å². The van der Waals surface area contributed by atoms with Gasteiger partial charge in [-0.25, -0.2) is 0 Å². The molecule has 0 saturated carbocycles. The molecule has 1 heteroatoms. The number of aryl methyl sites for hydroxylation is 1. The summed E-state index contributed by atoms with van der Waals surface area (Å²) < 4.78 is 0. The first kappa shape index (κ1) is 11.1. The van der Waals surface area contributed by atoms with E-state index >= 15 is 0 Å². The summed E-state index contributed by atoms with van der Waals surface area (Å²) >= 11 is 6.12. The third-order valence-electron chi connectivity index (χ3n) is 1.89. The van der Waals surface area contributed by atoms with Gasteiger partial charge >= 0.3 is 0 Å². The quantitative estimate of drug-likeness (QED) is 0.624. The molecule has 1 aromatic carbocycles. The Hall–Kier alpha value is -1.01. The maximum atomic E-state index is 6.12. The molecule has 0 amide bonds. The summed E-state index contributed by atoms with van der Waals surface area (Å²) in [5, 5.41) is 0.784. The van der Waals surface area contributed by atoms with E-state index in [2.05, 4.69) is 32.9 Å². The SMILES string of the molecule is CC(C)=CC=C(Cl)c1ccc(C)cc1. The lowest BCUT2D eigenvalue weighted by Crippen LogP contribution is -1.77. The first-order valence-corrected chi connectivity index (χ1v) is 5.05. The van der Waals surface area contributed by atoms with Crippen LogP contribution in [0.2, 0.25) is 0 Å². The van der Waals surface area contributed by atoms with Crippen LogP contribution in [-0.4, -0.2) is 0 Å². The second kappa shape index (κ2) is 5.02. The van der Waals surface area contributed by atoms with Crippen LogP contribution >= 0.6 is 11.6 Å². The summed E-state index contributed by atoms with van der Waals surface area (Å²) in [5.74, 6) is 0. The highest BCUT2D eigenvalue weighted by molar-refractivity contribution is 6.48. The Morgan fingerprint density at radius 3 is 2.14 bits per heavy atom. The van der Waals surface area contributed by atoms with Crippen LogP contribution in [0.1, 0.15) is 25.0 Å². The van der Waals surface area contributed by atoms with Crippen LogP contribution in [-0.2, 0) is 0 Å². The van der Waals surface area contributed by atoms with Gasteiger partial charge in [0.05, 0.1) is 0 Å². The van der Waals surface area contributed by atoms with Crippen molar-refractivity contribution in [2.45, 2.75) is 20.8 Å². The zero-order valence-corrected chi connectivity index (χ0v) is 9.60. The van der Waals surface area contributed by atoms with E-state index in [1.54, 1.807) is 0 Å². The number of benzene rings is 1. The zero-order chi connectivity index (χ0) is 10.6. The van der Waals surface area contributed by atoms with Crippen molar-refractivity contribution in [2.75, 3.05) is 0 Å². The van der Waals surface area contributed by atoms with Crippen molar-refractivity contribution in [3.63, 3.8) is 0 Å². The van der Waals surface area contributed by atoms with Crippen LogP contribution in [0.3, 0.4) is 0 Å². The minimum Gasteiger partial charge on any atom is -0.0837 e. The molecule has 0 spiro atoms. The molecule has 0 aliphatic heterocycles. The first-order chi connectivity index (χ1) is 6.59. The molecule has 0 aliphatic rings. The molecule has 0 heterocycles. The summed E-state index contributed by atoms with van der Waals surface area (Å²) in [6.45, 7) is 6.17. The van der Waals surface area contributed by atoms with E-state index < -0.39 is 0 Å². The molecule has 0 unspecified atom stereocenters. The Balaban J connectivity index is 2.89. The van der Waals surface area contributed by atoms with Crippen molar-refractivity contribution in [1.82, 2.24) is 0 Å². The molecule has 74 valence electrons. The van der Waals surface area contributed by atoms with Crippen molar-refractivity contribution >= 4 is 16.6 Å². The molecule has 1 rings (SSSR count). The summed E-state index contributed by atoms with van der Waals surface area (Å²) in [4.78, 5) is 0. The van der Waals surface area contributed by atoms with Gasteiger partial charge in [-0.15, -0.1) is 0 Å². The molecule has 0 aromatic heterocycles. The molecule has 0 fully saturated rings. The summed E-state index contributed by atoms with van der Waals surface area (Å²) in [5.41, 5.74) is 3.56. The maximum Gasteiger partial charge on any atom is 0.0478 e. The van der Waals surface area contributed by atoms with Crippen molar-refractivity contribution < 1.29 is 0 Å². The fourth-order valence-corrected chi connectivity index (χ4v) is 1.24. The molecular formula is C13H15Cl. The Labute approximate surface area is 90.9 Å². The maximum absolute atomic E-state index is 6.12. The fourth-order valence-electron chi connectivity index (χ4n) is 1.05. The third-order valence-corrected chi connectivity index (χ3v) is 2.23. The fraction of sp³-hybridized carbons (Fsp3) is 0.231. The van der Waals surface area contributed by atoms with E-state index in [4.69, 9.17) is 11.6 Å². The van der Waals surface area contributed by atoms with Crippen LogP contribution < -0.4 is 0 Å². The minimum absolute atomic E-state index is 0.784. The van der Waals surface area contributed by atoms with E-state index in [0.717, 1.165) is 10.6 Å². The second-order valence-corrected chi connectivity index (χ2v) is 4.03. The van der Waals surface area contributed by atoms with E-state index in [0.29, 0.717) is 0 Å². The van der Waals surface area contributed by atoms with E-state index in [-0.39, 0.29) is 0 Å². The molecular weight excluding hydrogens is 192 g/mol. The van der Waals surface area contributed by atoms with Gasteiger partial charge in [-0.2, -0.15) is 0 Å². The molecule has 0 radical (unpaired) electrons. The standard InChI is InChI=1S/C13H15Cl/c1-10(2)4-9-13(14)12-7-5-11(3)6-8-12/h4-9H,1-3H3. The van der Waals surface area contributed by atoms with Crippen LogP contribution in [0.25, 0.3) is 5.03 Å². The normalized spacial score (nSPS) is 11.3. The van der Waals surface area contributed by atoms with Gasteiger partial charge in [0, 0.05) is 5.03 Å². The minimum atomic E-state index is 0.784. The number of hydrogen-bond acceptors (Lipinski definition) is 0. The summed E-state index contributed by atoms with van der Waals surface area (Å²) in [7, 11) is 0. The first-order valence-electron chi connectivity index (χ1n) is 4.67. The highest BCUT2D eigenvalue weighted by Gasteiger charge is 1.95. The Bertz CT molecular complexity index is 351. The van der Waals surface area contributed by atoms with E-state index in [9.17, 15) is 0 Å². The van der Waals surface area contributed by atoms with Crippen LogP contribution in [0.5, 0.6) is 0 Å². The van der Waals surface area contributed by atoms with Crippen molar-refractivity contribution in [3.8, 4) is 0 Å². The number of rotatable bonds is 2. The van der Waals surface area contributed by atoms with Crippen molar-refractivity contribution in [1.29, 1.82) is 0 Å². The Morgan fingerprint density at radius 1 is 1.07 bits per heavy atom. The number of halogens is 1. The van der Waals surface area contributed by atoms with Gasteiger partial charge < -0.3 is 0 Å². The molecule has 0 atom stereocenters. The largest absolute Gasteiger partial charge is 0.0837 e. The average Bonchev–Trinajstić information content (AvgIpc) is 2.15. The molecule has 0 saturated heterocycles. The molecule has 0 nitrogen and oxygen atoms in total. The predicted molar refractivity (Wildman–Crippen MR) is 64.4 cm³/mol. The lowest BCUT2D eigenvalue weighted by atomic mass is 10.1. The molecule has 0 aliphatic carbocycles. The summed E-state index contributed by atoms with van der Waals surface area (Å²) in [6, 6.07) is 8.20. The molecule has 14 heavy (non-hydrogen) atoms. The highest BCUT2D eigenvalue weighted by Crippen LogP contribution is 2.19.